The molecule has 1 saturated heterocycles. The number of nitrogens with zero attached hydrogens (tertiary/aromatic N) is 1. The third-order valence-electron chi connectivity index (χ3n) is 6.01. The second-order valence-electron chi connectivity index (χ2n) is 8.84. The molecule has 2 atom stereocenters. The van der Waals surface area contributed by atoms with Crippen LogP contribution in [0.3, 0.4) is 0 Å². The Labute approximate surface area is 197 Å². The molecular formula is C24H39FN2O5S. The van der Waals surface area contributed by atoms with E-state index in [-0.39, 0.29) is 41.7 Å². The average Bonchev–Trinajstić information content (AvgIpc) is 3.17. The Bertz CT molecular complexity index is 849. The van der Waals surface area contributed by atoms with E-state index >= 15 is 0 Å². The number of likely N-dealkylation sites (tertiary alicyclic amines) is 1. The highest BCUT2D eigenvalue weighted by atomic mass is 32.2. The lowest BCUT2D eigenvalue weighted by molar-refractivity contribution is -0.141. The Morgan fingerprint density at radius 2 is 2.09 bits per heavy atom. The normalized spacial score (nSPS) is 17.8. The fourth-order valence-electron chi connectivity index (χ4n) is 4.02. The predicted molar refractivity (Wildman–Crippen MR) is 128 cm³/mol. The molecule has 2 rings (SSSR count). The number of esters is 1. The van der Waals surface area contributed by atoms with Gasteiger partial charge in [-0.2, -0.15) is 0 Å². The number of benzene rings is 1. The largest absolute Gasteiger partial charge is 0.489 e. The molecule has 0 amide bonds. The summed E-state index contributed by atoms with van der Waals surface area (Å²) in [4.78, 5) is 13.5. The van der Waals surface area contributed by atoms with Gasteiger partial charge in [-0.05, 0) is 76.4 Å². The van der Waals surface area contributed by atoms with Crippen LogP contribution in [0.25, 0.3) is 0 Å². The zero-order chi connectivity index (χ0) is 24.3. The van der Waals surface area contributed by atoms with E-state index in [0.29, 0.717) is 26.2 Å². The maximum atomic E-state index is 14.2. The summed E-state index contributed by atoms with van der Waals surface area (Å²) in [6.07, 6.45) is 4.27. The number of hydrogen-bond donors (Lipinski definition) is 1. The van der Waals surface area contributed by atoms with Gasteiger partial charge in [-0.25, -0.2) is 12.8 Å². The summed E-state index contributed by atoms with van der Waals surface area (Å²) in [6.45, 7) is 6.24. The molecule has 1 fully saturated rings. The van der Waals surface area contributed by atoms with Gasteiger partial charge in [0.15, 0.2) is 21.4 Å². The molecule has 7 nitrogen and oxygen atoms in total. The molecule has 1 N–H and O–H groups in total. The van der Waals surface area contributed by atoms with Gasteiger partial charge in [0.2, 0.25) is 0 Å². The molecule has 0 aromatic heterocycles. The predicted octanol–water partition coefficient (Wildman–Crippen LogP) is 3.14. The number of halogens is 1. The third-order valence-corrected chi connectivity index (χ3v) is 7.93. The minimum atomic E-state index is -3.23. The van der Waals surface area contributed by atoms with Crippen LogP contribution < -0.4 is 10.1 Å². The van der Waals surface area contributed by atoms with Crippen LogP contribution in [0, 0.1) is 5.82 Å². The number of likely N-dealkylation sites (N-methyl/N-ethyl adjacent to an activating group) is 1. The number of carbonyl (C=O) groups excluding carboxylic acids is 1. The van der Waals surface area contributed by atoms with Gasteiger partial charge in [0.1, 0.15) is 6.61 Å². The van der Waals surface area contributed by atoms with Crippen LogP contribution in [0.2, 0.25) is 0 Å². The molecule has 1 aromatic rings. The number of unbranched alkanes of at least 4 members (excludes halogenated alkanes) is 2. The zero-order valence-electron chi connectivity index (χ0n) is 20.1. The second kappa shape index (κ2) is 13.9. The van der Waals surface area contributed by atoms with Crippen LogP contribution in [0.1, 0.15) is 57.4 Å². The summed E-state index contributed by atoms with van der Waals surface area (Å²) in [5.41, 5.74) is 0.762. The minimum Gasteiger partial charge on any atom is -0.489 e. The summed E-state index contributed by atoms with van der Waals surface area (Å²) < 4.78 is 49.9. The standard InChI is InChI=1S/C24H39FN2O5S/c1-4-31-24(28)16-26-12-6-5-7-14-33(29,30)18-19(2)20-10-11-22(25)23(15-20)32-17-21-9-8-13-27(21)3/h10-11,15,19,21,26H,4-9,12-14,16-18H2,1-3H3/t19-,21-/m0/s1. The van der Waals surface area contributed by atoms with Crippen molar-refractivity contribution in [3.8, 4) is 5.75 Å². The highest BCUT2D eigenvalue weighted by Crippen LogP contribution is 2.26. The fourth-order valence-corrected chi connectivity index (χ4v) is 5.79. The van der Waals surface area contributed by atoms with Gasteiger partial charge in [-0.3, -0.25) is 4.79 Å². The smallest absolute Gasteiger partial charge is 0.319 e. The van der Waals surface area contributed by atoms with Crippen LogP contribution in [0.5, 0.6) is 5.75 Å². The lowest BCUT2D eigenvalue weighted by atomic mass is 10.0. The lowest BCUT2D eigenvalue weighted by Crippen LogP contribution is -2.30. The first-order chi connectivity index (χ1) is 15.7. The fraction of sp³-hybridized carbons (Fsp3) is 0.708. The summed E-state index contributed by atoms with van der Waals surface area (Å²) >= 11 is 0. The van der Waals surface area contributed by atoms with E-state index in [1.54, 1.807) is 19.1 Å². The second-order valence-corrected chi connectivity index (χ2v) is 11.1. The lowest BCUT2D eigenvalue weighted by Gasteiger charge is -2.20. The molecule has 9 heteroatoms. The van der Waals surface area contributed by atoms with E-state index in [9.17, 15) is 17.6 Å². The van der Waals surface area contributed by atoms with Gasteiger partial charge in [0.25, 0.3) is 0 Å². The molecule has 1 aromatic carbocycles. The third kappa shape index (κ3) is 9.98. The van der Waals surface area contributed by atoms with Crippen molar-refractivity contribution in [2.24, 2.45) is 0 Å². The quantitative estimate of drug-likeness (QED) is 0.301. The Morgan fingerprint density at radius 1 is 1.30 bits per heavy atom. The number of carbonyl (C=O) groups is 1. The molecule has 0 aliphatic carbocycles. The Kier molecular flexibility index (Phi) is 11.6. The van der Waals surface area contributed by atoms with Crippen molar-refractivity contribution in [3.63, 3.8) is 0 Å². The van der Waals surface area contributed by atoms with Gasteiger partial charge in [0, 0.05) is 6.04 Å². The van der Waals surface area contributed by atoms with Crippen LogP contribution >= 0.6 is 0 Å². The zero-order valence-corrected chi connectivity index (χ0v) is 21.0. The van der Waals surface area contributed by atoms with E-state index in [1.165, 1.54) is 6.07 Å². The van der Waals surface area contributed by atoms with Crippen molar-refractivity contribution in [1.82, 2.24) is 10.2 Å². The first-order valence-electron chi connectivity index (χ1n) is 11.9. The van der Waals surface area contributed by atoms with Gasteiger partial charge >= 0.3 is 5.97 Å². The Morgan fingerprint density at radius 3 is 2.79 bits per heavy atom. The molecule has 0 saturated carbocycles. The highest BCUT2D eigenvalue weighted by Gasteiger charge is 2.23. The monoisotopic (exact) mass is 486 g/mol. The topological polar surface area (TPSA) is 84.9 Å². The van der Waals surface area contributed by atoms with Crippen LogP contribution in [-0.2, 0) is 19.4 Å². The number of rotatable bonds is 15. The molecule has 1 heterocycles. The van der Waals surface area contributed by atoms with Crippen LogP contribution in [0.4, 0.5) is 4.39 Å². The Balaban J connectivity index is 1.74. The highest BCUT2D eigenvalue weighted by molar-refractivity contribution is 7.91. The van der Waals surface area contributed by atoms with Crippen LogP contribution in [0.15, 0.2) is 18.2 Å². The van der Waals surface area contributed by atoms with E-state index in [1.807, 2.05) is 14.0 Å². The molecule has 0 unspecified atom stereocenters. The van der Waals surface area contributed by atoms with Crippen molar-refractivity contribution in [2.45, 2.75) is 57.9 Å². The molecule has 33 heavy (non-hydrogen) atoms. The molecule has 0 radical (unpaired) electrons. The van der Waals surface area contributed by atoms with Gasteiger partial charge < -0.3 is 19.7 Å². The van der Waals surface area contributed by atoms with Crippen molar-refractivity contribution in [1.29, 1.82) is 0 Å². The summed E-state index contributed by atoms with van der Waals surface area (Å²) in [5, 5.41) is 2.99. The first kappa shape index (κ1) is 27.5. The van der Waals surface area contributed by atoms with Crippen molar-refractivity contribution < 1.29 is 27.1 Å². The number of nitrogens with one attached hydrogen (secondary N) is 1. The van der Waals surface area contributed by atoms with E-state index in [4.69, 9.17) is 9.47 Å². The van der Waals surface area contributed by atoms with Gasteiger partial charge in [-0.1, -0.05) is 19.4 Å². The summed E-state index contributed by atoms with van der Waals surface area (Å²) in [6, 6.07) is 4.92. The SMILES string of the molecule is CCOC(=O)CNCCCCCS(=O)(=O)C[C@H](C)c1ccc(F)c(OC[C@@H]2CCCN2C)c1. The first-order valence-corrected chi connectivity index (χ1v) is 13.7. The Hall–Kier alpha value is -1.71. The van der Waals surface area contributed by atoms with Crippen molar-refractivity contribution in [3.05, 3.63) is 29.6 Å². The molecule has 188 valence electrons. The minimum absolute atomic E-state index is 0.0184. The summed E-state index contributed by atoms with van der Waals surface area (Å²) in [5.74, 6) is -0.635. The van der Waals surface area contributed by atoms with E-state index in [0.717, 1.165) is 37.8 Å². The van der Waals surface area contributed by atoms with Crippen molar-refractivity contribution >= 4 is 15.8 Å². The van der Waals surface area contributed by atoms with Gasteiger partial charge in [0.05, 0.1) is 24.7 Å². The number of sulfone groups is 1. The molecular weight excluding hydrogens is 447 g/mol. The average molecular weight is 487 g/mol. The maximum Gasteiger partial charge on any atom is 0.319 e. The molecule has 0 bridgehead atoms. The number of ether oxygens (including phenoxy) is 2. The maximum absolute atomic E-state index is 14.2. The number of hydrogen-bond acceptors (Lipinski definition) is 7. The molecule has 1 aliphatic heterocycles. The molecule has 0 spiro atoms. The molecule has 1 aliphatic rings. The van der Waals surface area contributed by atoms with Crippen LogP contribution in [-0.4, -0.2) is 76.7 Å². The summed E-state index contributed by atoms with van der Waals surface area (Å²) in [7, 11) is -1.19. The van der Waals surface area contributed by atoms with Gasteiger partial charge in [-0.15, -0.1) is 0 Å². The van der Waals surface area contributed by atoms with E-state index in [2.05, 4.69) is 10.2 Å². The van der Waals surface area contributed by atoms with Crippen molar-refractivity contribution in [2.75, 3.05) is 51.4 Å². The van der Waals surface area contributed by atoms with E-state index < -0.39 is 15.7 Å².